The summed E-state index contributed by atoms with van der Waals surface area (Å²) in [6, 6.07) is 0.764. The maximum Gasteiger partial charge on any atom is 0.0100 e. The van der Waals surface area contributed by atoms with E-state index in [0.29, 0.717) is 5.41 Å². The van der Waals surface area contributed by atoms with Crippen molar-refractivity contribution in [2.24, 2.45) is 11.3 Å². The average molecular weight is 225 g/mol. The highest BCUT2D eigenvalue weighted by atomic mass is 14.9. The topological polar surface area (TPSA) is 12.0 Å². The Balaban J connectivity index is 2.59. The summed E-state index contributed by atoms with van der Waals surface area (Å²) in [4.78, 5) is 0. The van der Waals surface area contributed by atoms with E-state index in [-0.39, 0.29) is 0 Å². The van der Waals surface area contributed by atoms with Crippen molar-refractivity contribution in [3.8, 4) is 0 Å². The zero-order chi connectivity index (χ0) is 12.0. The molecule has 0 radical (unpaired) electrons. The van der Waals surface area contributed by atoms with Gasteiger partial charge in [-0.2, -0.15) is 0 Å². The third-order valence-corrected chi connectivity index (χ3v) is 4.33. The number of hydrogen-bond donors (Lipinski definition) is 1. The molecule has 1 N–H and O–H groups in total. The molecule has 0 spiro atoms. The molecule has 2 atom stereocenters. The van der Waals surface area contributed by atoms with Crippen molar-refractivity contribution >= 4 is 0 Å². The van der Waals surface area contributed by atoms with Gasteiger partial charge in [-0.25, -0.2) is 0 Å². The van der Waals surface area contributed by atoms with Gasteiger partial charge in [0, 0.05) is 6.04 Å². The van der Waals surface area contributed by atoms with Crippen molar-refractivity contribution in [1.82, 2.24) is 5.32 Å². The van der Waals surface area contributed by atoms with Crippen LogP contribution in [0.2, 0.25) is 0 Å². The van der Waals surface area contributed by atoms with Gasteiger partial charge in [0.15, 0.2) is 0 Å². The molecular weight excluding hydrogens is 194 g/mol. The number of hydrogen-bond acceptors (Lipinski definition) is 1. The molecule has 1 heteroatoms. The van der Waals surface area contributed by atoms with Crippen LogP contribution < -0.4 is 5.32 Å². The molecule has 16 heavy (non-hydrogen) atoms. The maximum absolute atomic E-state index is 3.80. The van der Waals surface area contributed by atoms with Crippen LogP contribution in [-0.2, 0) is 0 Å². The van der Waals surface area contributed by atoms with E-state index in [9.17, 15) is 0 Å². The minimum Gasteiger partial charge on any atom is -0.314 e. The van der Waals surface area contributed by atoms with Crippen molar-refractivity contribution < 1.29 is 0 Å². The quantitative estimate of drug-likeness (QED) is 0.708. The first-order valence-electron chi connectivity index (χ1n) is 7.35. The van der Waals surface area contributed by atoms with Crippen LogP contribution in [0.5, 0.6) is 0 Å². The fourth-order valence-electron chi connectivity index (χ4n) is 3.35. The Morgan fingerprint density at radius 1 is 1.19 bits per heavy atom. The molecule has 1 nitrogen and oxygen atoms in total. The Bertz CT molecular complexity index is 186. The molecule has 1 aliphatic carbocycles. The van der Waals surface area contributed by atoms with Gasteiger partial charge < -0.3 is 5.32 Å². The van der Waals surface area contributed by atoms with Crippen molar-refractivity contribution in [3.05, 3.63) is 0 Å². The summed E-state index contributed by atoms with van der Waals surface area (Å²) in [5.41, 5.74) is 0.554. The highest BCUT2D eigenvalue weighted by Gasteiger charge is 2.36. The molecule has 0 aromatic carbocycles. The summed E-state index contributed by atoms with van der Waals surface area (Å²) < 4.78 is 0. The Labute approximate surface area is 102 Å². The van der Waals surface area contributed by atoms with Crippen LogP contribution in [0, 0.1) is 11.3 Å². The first-order valence-corrected chi connectivity index (χ1v) is 7.35. The number of nitrogens with one attached hydrogen (secondary N) is 1. The Kier molecular flexibility index (Phi) is 5.82. The van der Waals surface area contributed by atoms with Crippen molar-refractivity contribution in [1.29, 1.82) is 0 Å². The monoisotopic (exact) mass is 225 g/mol. The highest BCUT2D eigenvalue weighted by molar-refractivity contribution is 4.90. The van der Waals surface area contributed by atoms with Gasteiger partial charge in [0.1, 0.15) is 0 Å². The van der Waals surface area contributed by atoms with E-state index in [4.69, 9.17) is 0 Å². The summed E-state index contributed by atoms with van der Waals surface area (Å²) >= 11 is 0. The summed E-state index contributed by atoms with van der Waals surface area (Å²) in [5.74, 6) is 0.896. The maximum atomic E-state index is 3.80. The molecule has 1 fully saturated rings. The number of rotatable bonds is 6. The second kappa shape index (κ2) is 6.64. The predicted octanol–water partition coefficient (Wildman–Crippen LogP) is 4.37. The SMILES string of the molecule is CCCNC(CCC)C1CCCCC1(C)C. The van der Waals surface area contributed by atoms with Gasteiger partial charge in [0.25, 0.3) is 0 Å². The first-order chi connectivity index (χ1) is 7.61. The predicted molar refractivity (Wildman–Crippen MR) is 72.7 cm³/mol. The van der Waals surface area contributed by atoms with Gasteiger partial charge in [-0.3, -0.25) is 0 Å². The molecule has 96 valence electrons. The standard InChI is InChI=1S/C15H31N/c1-5-9-14(16-12-6-2)13-10-7-8-11-15(13,3)4/h13-14,16H,5-12H2,1-4H3. The van der Waals surface area contributed by atoms with Crippen molar-refractivity contribution in [2.45, 2.75) is 78.7 Å². The van der Waals surface area contributed by atoms with Crippen LogP contribution in [0.1, 0.15) is 72.6 Å². The lowest BCUT2D eigenvalue weighted by Crippen LogP contribution is -2.45. The molecular formula is C15H31N. The van der Waals surface area contributed by atoms with Crippen LogP contribution in [0.3, 0.4) is 0 Å². The molecule has 1 aliphatic rings. The lowest BCUT2D eigenvalue weighted by molar-refractivity contribution is 0.0944. The molecule has 0 bridgehead atoms. The molecule has 0 aromatic rings. The fraction of sp³-hybridized carbons (Fsp3) is 1.00. The summed E-state index contributed by atoms with van der Waals surface area (Å²) in [5, 5.41) is 3.80. The zero-order valence-electron chi connectivity index (χ0n) is 11.8. The lowest BCUT2D eigenvalue weighted by Gasteiger charge is -2.43. The third kappa shape index (κ3) is 3.76. The largest absolute Gasteiger partial charge is 0.314 e. The minimum absolute atomic E-state index is 0.554. The fourth-order valence-corrected chi connectivity index (χ4v) is 3.35. The third-order valence-electron chi connectivity index (χ3n) is 4.33. The van der Waals surface area contributed by atoms with E-state index in [1.807, 2.05) is 0 Å². The molecule has 2 unspecified atom stereocenters. The molecule has 0 saturated heterocycles. The van der Waals surface area contributed by atoms with Crippen LogP contribution >= 0.6 is 0 Å². The van der Waals surface area contributed by atoms with Gasteiger partial charge >= 0.3 is 0 Å². The minimum atomic E-state index is 0.554. The molecule has 1 saturated carbocycles. The van der Waals surface area contributed by atoms with E-state index < -0.39 is 0 Å². The summed E-state index contributed by atoms with van der Waals surface area (Å²) in [6.07, 6.45) is 9.67. The van der Waals surface area contributed by atoms with Crippen LogP contribution in [0.15, 0.2) is 0 Å². The zero-order valence-corrected chi connectivity index (χ0v) is 11.8. The molecule has 1 rings (SSSR count). The van der Waals surface area contributed by atoms with Crippen LogP contribution in [0.4, 0.5) is 0 Å². The van der Waals surface area contributed by atoms with Gasteiger partial charge in [0.2, 0.25) is 0 Å². The normalized spacial score (nSPS) is 26.6. The smallest absolute Gasteiger partial charge is 0.0100 e. The summed E-state index contributed by atoms with van der Waals surface area (Å²) in [7, 11) is 0. The van der Waals surface area contributed by atoms with Gasteiger partial charge in [0.05, 0.1) is 0 Å². The van der Waals surface area contributed by atoms with Gasteiger partial charge in [-0.15, -0.1) is 0 Å². The molecule has 0 aromatic heterocycles. The van der Waals surface area contributed by atoms with E-state index in [1.54, 1.807) is 0 Å². The Morgan fingerprint density at radius 3 is 2.50 bits per heavy atom. The van der Waals surface area contributed by atoms with Gasteiger partial charge in [-0.05, 0) is 43.6 Å². The van der Waals surface area contributed by atoms with Gasteiger partial charge in [-0.1, -0.05) is 47.0 Å². The molecule has 0 heterocycles. The second-order valence-electron chi connectivity index (χ2n) is 6.19. The second-order valence-corrected chi connectivity index (χ2v) is 6.19. The average Bonchev–Trinajstić information content (AvgIpc) is 2.24. The molecule has 0 amide bonds. The lowest BCUT2D eigenvalue weighted by atomic mass is 9.65. The Morgan fingerprint density at radius 2 is 1.94 bits per heavy atom. The van der Waals surface area contributed by atoms with Crippen molar-refractivity contribution in [2.75, 3.05) is 6.54 Å². The van der Waals surface area contributed by atoms with E-state index in [0.717, 1.165) is 12.0 Å². The van der Waals surface area contributed by atoms with Crippen molar-refractivity contribution in [3.63, 3.8) is 0 Å². The van der Waals surface area contributed by atoms with Crippen LogP contribution in [-0.4, -0.2) is 12.6 Å². The van der Waals surface area contributed by atoms with E-state index in [1.165, 1.54) is 51.5 Å². The van der Waals surface area contributed by atoms with Crippen LogP contribution in [0.25, 0.3) is 0 Å². The van der Waals surface area contributed by atoms with E-state index in [2.05, 4.69) is 33.0 Å². The molecule has 0 aliphatic heterocycles. The first kappa shape index (κ1) is 14.0. The summed E-state index contributed by atoms with van der Waals surface area (Å²) in [6.45, 7) is 10.7. The van der Waals surface area contributed by atoms with E-state index >= 15 is 0 Å². The highest BCUT2D eigenvalue weighted by Crippen LogP contribution is 2.43. The Hall–Kier alpha value is -0.0400.